The Kier molecular flexibility index (Phi) is 3.89. The highest BCUT2D eigenvalue weighted by Gasteiger charge is 2.70. The number of hydrogen-bond donors (Lipinski definition) is 0. The minimum Gasteiger partial charge on any atom is -0.301 e. The summed E-state index contributed by atoms with van der Waals surface area (Å²) in [6, 6.07) is 10.7. The number of benzene rings is 1. The van der Waals surface area contributed by atoms with E-state index in [1.54, 1.807) is 0 Å². The molecule has 2 aromatic rings. The first kappa shape index (κ1) is 16.4. The van der Waals surface area contributed by atoms with Gasteiger partial charge < -0.3 is 4.79 Å². The van der Waals surface area contributed by atoms with Crippen molar-refractivity contribution in [3.8, 4) is 0 Å². The Morgan fingerprint density at radius 2 is 1.81 bits per heavy atom. The number of aromatic nitrogens is 1. The number of carbonyl (C=O) groups is 1. The van der Waals surface area contributed by atoms with Crippen LogP contribution in [0.25, 0.3) is 10.9 Å². The van der Waals surface area contributed by atoms with Gasteiger partial charge in [0.25, 0.3) is 0 Å². The number of fused-ring (bicyclic) bond motifs is 1. The summed E-state index contributed by atoms with van der Waals surface area (Å²) in [4.78, 5) is 19.2. The molecule has 0 amide bonds. The second-order valence-electron chi connectivity index (χ2n) is 8.74. The predicted molar refractivity (Wildman–Crippen MR) is 104 cm³/mol. The summed E-state index contributed by atoms with van der Waals surface area (Å²) in [6.07, 6.45) is 13.0. The van der Waals surface area contributed by atoms with Crippen molar-refractivity contribution in [1.29, 1.82) is 0 Å². The van der Waals surface area contributed by atoms with Crippen molar-refractivity contribution in [1.82, 2.24) is 9.88 Å². The third-order valence-electron chi connectivity index (χ3n) is 7.58. The van der Waals surface area contributed by atoms with Crippen molar-refractivity contribution in [2.24, 2.45) is 5.41 Å². The minimum absolute atomic E-state index is 0.126. The molecule has 3 fully saturated rings. The number of hydrogen-bond acceptors (Lipinski definition) is 3. The number of likely N-dealkylation sites (tertiary alicyclic amines) is 1. The smallest absolute Gasteiger partial charge is 0.140 e. The molecule has 3 heteroatoms. The minimum atomic E-state index is -0.126. The van der Waals surface area contributed by atoms with E-state index < -0.39 is 0 Å². The van der Waals surface area contributed by atoms with Gasteiger partial charge in [-0.3, -0.25) is 9.88 Å². The van der Waals surface area contributed by atoms with Crippen LogP contribution in [0.5, 0.6) is 0 Å². The Hall–Kier alpha value is -1.74. The van der Waals surface area contributed by atoms with E-state index in [1.165, 1.54) is 62.2 Å². The first-order chi connectivity index (χ1) is 12.8. The lowest BCUT2D eigenvalue weighted by atomic mass is 9.74. The van der Waals surface area contributed by atoms with Crippen LogP contribution in [0, 0.1) is 5.41 Å². The van der Waals surface area contributed by atoms with E-state index in [9.17, 15) is 4.79 Å². The Bertz CT molecular complexity index is 813. The Balaban J connectivity index is 1.36. The highest BCUT2D eigenvalue weighted by atomic mass is 16.1. The average Bonchev–Trinajstić information content (AvgIpc) is 3.36. The third kappa shape index (κ3) is 2.36. The summed E-state index contributed by atoms with van der Waals surface area (Å²) in [6.45, 7) is 2.25. The molecule has 2 heterocycles. The quantitative estimate of drug-likeness (QED) is 0.754. The molecule has 1 unspecified atom stereocenters. The molecule has 1 atom stereocenters. The van der Waals surface area contributed by atoms with Crippen molar-refractivity contribution in [3.05, 3.63) is 42.1 Å². The molecular weight excluding hydrogens is 320 g/mol. The third-order valence-corrected chi connectivity index (χ3v) is 7.58. The van der Waals surface area contributed by atoms with Crippen molar-refractivity contribution < 1.29 is 4.79 Å². The van der Waals surface area contributed by atoms with Crippen molar-refractivity contribution in [2.75, 3.05) is 13.1 Å². The van der Waals surface area contributed by atoms with Gasteiger partial charge in [0, 0.05) is 11.6 Å². The van der Waals surface area contributed by atoms with Crippen LogP contribution >= 0.6 is 0 Å². The van der Waals surface area contributed by atoms with Crippen molar-refractivity contribution in [3.63, 3.8) is 0 Å². The molecule has 1 aliphatic heterocycles. The van der Waals surface area contributed by atoms with Crippen molar-refractivity contribution in [2.45, 2.75) is 62.8 Å². The zero-order chi connectivity index (χ0) is 17.6. The first-order valence-corrected chi connectivity index (χ1v) is 10.3. The predicted octanol–water partition coefficient (Wildman–Crippen LogP) is 4.71. The lowest BCUT2D eigenvalue weighted by molar-refractivity contribution is -0.116. The topological polar surface area (TPSA) is 33.2 Å². The largest absolute Gasteiger partial charge is 0.301 e. The number of carbonyl (C=O) groups excluding carboxylic acids is 1. The number of rotatable bonds is 3. The van der Waals surface area contributed by atoms with Crippen LogP contribution in [0.4, 0.5) is 0 Å². The first-order valence-electron chi connectivity index (χ1n) is 10.3. The number of pyridine rings is 1. The molecule has 5 rings (SSSR count). The van der Waals surface area contributed by atoms with E-state index in [-0.39, 0.29) is 11.0 Å². The number of piperidine rings is 1. The van der Waals surface area contributed by atoms with Gasteiger partial charge in [-0.05, 0) is 87.1 Å². The molecule has 0 N–H and O–H groups in total. The summed E-state index contributed by atoms with van der Waals surface area (Å²) in [5.41, 5.74) is 2.71. The van der Waals surface area contributed by atoms with E-state index in [4.69, 9.17) is 0 Å². The zero-order valence-electron chi connectivity index (χ0n) is 15.5. The van der Waals surface area contributed by atoms with Crippen LogP contribution < -0.4 is 0 Å². The number of nitrogens with zero attached hydrogens (tertiary/aromatic N) is 2. The van der Waals surface area contributed by atoms with E-state index >= 15 is 0 Å². The number of para-hydroxylation sites is 1. The zero-order valence-corrected chi connectivity index (χ0v) is 15.5. The molecule has 3 nitrogen and oxygen atoms in total. The standard InChI is InChI=1S/C23H28N2O/c26-17-23(25-14-4-1-5-15-25)16-22(23)11-8-18(9-12-22)19-10-13-24-21-7-3-2-6-20(19)21/h2-3,6-7,10,13,17-18H,1,4-5,8-9,11-12,14-16H2. The van der Waals surface area contributed by atoms with Crippen LogP contribution in [0.15, 0.2) is 36.5 Å². The van der Waals surface area contributed by atoms with E-state index in [2.05, 4.69) is 40.2 Å². The highest BCUT2D eigenvalue weighted by molar-refractivity contribution is 5.82. The van der Waals surface area contributed by atoms with Crippen LogP contribution in [0.1, 0.15) is 62.8 Å². The molecule has 1 aromatic heterocycles. The normalized spacial score (nSPS) is 34.8. The summed E-state index contributed by atoms with van der Waals surface area (Å²) in [5.74, 6) is 0.611. The Morgan fingerprint density at radius 3 is 2.58 bits per heavy atom. The maximum atomic E-state index is 12.1. The van der Waals surface area contributed by atoms with Gasteiger partial charge in [0.15, 0.2) is 0 Å². The highest BCUT2D eigenvalue weighted by Crippen LogP contribution is 2.67. The second kappa shape index (κ2) is 6.16. The van der Waals surface area contributed by atoms with Gasteiger partial charge >= 0.3 is 0 Å². The fourth-order valence-corrected chi connectivity index (χ4v) is 6.02. The fourth-order valence-electron chi connectivity index (χ4n) is 6.02. The molecular formula is C23H28N2O. The average molecular weight is 348 g/mol. The summed E-state index contributed by atoms with van der Waals surface area (Å²) >= 11 is 0. The molecule has 1 saturated heterocycles. The molecule has 1 aromatic carbocycles. The van der Waals surface area contributed by atoms with Gasteiger partial charge in [-0.25, -0.2) is 0 Å². The molecule has 2 aliphatic carbocycles. The van der Waals surface area contributed by atoms with Gasteiger partial charge in [0.2, 0.25) is 0 Å². The van der Waals surface area contributed by atoms with Crippen LogP contribution in [0.2, 0.25) is 0 Å². The lowest BCUT2D eigenvalue weighted by Gasteiger charge is -2.38. The van der Waals surface area contributed by atoms with E-state index in [0.29, 0.717) is 5.92 Å². The SMILES string of the molecule is O=CC1(N2CCCCC2)CC12CCC(c1ccnc3ccccc13)CC2. The Morgan fingerprint density at radius 1 is 1.04 bits per heavy atom. The molecule has 26 heavy (non-hydrogen) atoms. The number of aldehydes is 1. The molecule has 0 radical (unpaired) electrons. The summed E-state index contributed by atoms with van der Waals surface area (Å²) in [5, 5.41) is 1.31. The van der Waals surface area contributed by atoms with E-state index in [1.807, 2.05) is 6.20 Å². The fraction of sp³-hybridized carbons (Fsp3) is 0.565. The monoisotopic (exact) mass is 348 g/mol. The van der Waals surface area contributed by atoms with Crippen molar-refractivity contribution >= 4 is 17.2 Å². The van der Waals surface area contributed by atoms with Crippen LogP contribution in [-0.4, -0.2) is 34.8 Å². The molecule has 136 valence electrons. The lowest BCUT2D eigenvalue weighted by Crippen LogP contribution is -2.46. The summed E-state index contributed by atoms with van der Waals surface area (Å²) < 4.78 is 0. The molecule has 2 saturated carbocycles. The van der Waals surface area contributed by atoms with Gasteiger partial charge in [-0.2, -0.15) is 0 Å². The molecule has 1 spiro atoms. The summed E-state index contributed by atoms with van der Waals surface area (Å²) in [7, 11) is 0. The second-order valence-corrected chi connectivity index (χ2v) is 8.74. The van der Waals surface area contributed by atoms with Crippen LogP contribution in [0.3, 0.4) is 0 Å². The van der Waals surface area contributed by atoms with Gasteiger partial charge in [-0.1, -0.05) is 24.6 Å². The molecule has 3 aliphatic rings. The molecule has 0 bridgehead atoms. The van der Waals surface area contributed by atoms with Gasteiger partial charge in [-0.15, -0.1) is 0 Å². The van der Waals surface area contributed by atoms with Crippen LogP contribution in [-0.2, 0) is 4.79 Å². The van der Waals surface area contributed by atoms with Gasteiger partial charge in [0.1, 0.15) is 6.29 Å². The Labute approximate surface area is 155 Å². The van der Waals surface area contributed by atoms with Gasteiger partial charge in [0.05, 0.1) is 11.1 Å². The maximum absolute atomic E-state index is 12.1. The van der Waals surface area contributed by atoms with E-state index in [0.717, 1.165) is 25.0 Å². The maximum Gasteiger partial charge on any atom is 0.140 e.